The summed E-state index contributed by atoms with van der Waals surface area (Å²) in [7, 11) is 0. The van der Waals surface area contributed by atoms with Crippen LogP contribution in [0, 0.1) is 0 Å². The van der Waals surface area contributed by atoms with Gasteiger partial charge in [0, 0.05) is 0 Å². The monoisotopic (exact) mass is 323 g/mol. The first-order valence-corrected chi connectivity index (χ1v) is 7.67. The Labute approximate surface area is 136 Å². The van der Waals surface area contributed by atoms with Gasteiger partial charge >= 0.3 is 5.97 Å². The molecule has 6 nitrogen and oxygen atoms in total. The van der Waals surface area contributed by atoms with Crippen LogP contribution >= 0.6 is 0 Å². The van der Waals surface area contributed by atoms with Crippen LogP contribution in [0.3, 0.4) is 0 Å². The first-order chi connectivity index (χ1) is 10.7. The number of amides is 1. The van der Waals surface area contributed by atoms with E-state index >= 15 is 0 Å². The lowest BCUT2D eigenvalue weighted by atomic mass is 9.83. The van der Waals surface area contributed by atoms with Crippen LogP contribution in [0.1, 0.15) is 40.2 Å². The van der Waals surface area contributed by atoms with E-state index in [1.54, 1.807) is 32.0 Å². The summed E-state index contributed by atoms with van der Waals surface area (Å²) in [6, 6.07) is 4.37. The molecule has 0 bridgehead atoms. The molecule has 0 spiro atoms. The lowest BCUT2D eigenvalue weighted by Crippen LogP contribution is -2.47. The Morgan fingerprint density at radius 2 is 1.74 bits per heavy atom. The number of nitrogens with one attached hydrogen (secondary N) is 1. The Hall–Kier alpha value is -2.24. The maximum Gasteiger partial charge on any atom is 0.325 e. The Balaban J connectivity index is 3.09. The van der Waals surface area contributed by atoms with E-state index in [0.29, 0.717) is 24.7 Å². The average molecular weight is 323 g/mol. The number of aliphatic carboxylic acids is 1. The fourth-order valence-electron chi connectivity index (χ4n) is 2.01. The van der Waals surface area contributed by atoms with Crippen LogP contribution in [0.5, 0.6) is 11.5 Å². The van der Waals surface area contributed by atoms with Crippen molar-refractivity contribution in [3.8, 4) is 11.5 Å². The summed E-state index contributed by atoms with van der Waals surface area (Å²) in [6.07, 6.45) is 0. The summed E-state index contributed by atoms with van der Waals surface area (Å²) in [5.74, 6) is -0.248. The minimum Gasteiger partial charge on any atom is -0.490 e. The van der Waals surface area contributed by atoms with E-state index < -0.39 is 17.4 Å². The molecule has 2 N–H and O–H groups in total. The molecule has 1 amide bonds. The molecule has 0 aliphatic rings. The largest absolute Gasteiger partial charge is 0.490 e. The zero-order chi connectivity index (χ0) is 17.6. The average Bonchev–Trinajstić information content (AvgIpc) is 2.49. The van der Waals surface area contributed by atoms with Gasteiger partial charge in [-0.3, -0.25) is 9.59 Å². The zero-order valence-electron chi connectivity index (χ0n) is 14.3. The number of carboxylic acids is 1. The van der Waals surface area contributed by atoms with E-state index in [1.807, 2.05) is 13.8 Å². The number of ether oxygens (including phenoxy) is 2. The van der Waals surface area contributed by atoms with E-state index in [0.717, 1.165) is 5.56 Å². The van der Waals surface area contributed by atoms with Crippen molar-refractivity contribution in [1.82, 2.24) is 5.32 Å². The third-order valence-electron chi connectivity index (χ3n) is 3.55. The molecule has 128 valence electrons. The molecule has 0 aromatic heterocycles. The summed E-state index contributed by atoms with van der Waals surface area (Å²) in [4.78, 5) is 23.3. The van der Waals surface area contributed by atoms with E-state index in [1.165, 1.54) is 6.92 Å². The molecule has 0 aliphatic heterocycles. The molecule has 0 radical (unpaired) electrons. The topological polar surface area (TPSA) is 84.9 Å². The van der Waals surface area contributed by atoms with Gasteiger partial charge in [-0.2, -0.15) is 0 Å². The number of benzene rings is 1. The summed E-state index contributed by atoms with van der Waals surface area (Å²) in [5, 5.41) is 11.4. The molecule has 23 heavy (non-hydrogen) atoms. The van der Waals surface area contributed by atoms with Crippen molar-refractivity contribution in [3.63, 3.8) is 0 Å². The number of carbonyl (C=O) groups excluding carboxylic acids is 1. The molecule has 0 aliphatic carbocycles. The van der Waals surface area contributed by atoms with Gasteiger partial charge in [0.05, 0.1) is 18.6 Å². The third kappa shape index (κ3) is 4.61. The van der Waals surface area contributed by atoms with Crippen LogP contribution in [-0.2, 0) is 15.0 Å². The van der Waals surface area contributed by atoms with Gasteiger partial charge < -0.3 is 19.9 Å². The minimum absolute atomic E-state index is 0.362. The third-order valence-corrected chi connectivity index (χ3v) is 3.55. The molecule has 1 atom stereocenters. The molecule has 0 fully saturated rings. The predicted molar refractivity (Wildman–Crippen MR) is 87.0 cm³/mol. The number of hydrogen-bond donors (Lipinski definition) is 2. The number of carbonyl (C=O) groups is 2. The summed E-state index contributed by atoms with van der Waals surface area (Å²) < 4.78 is 11.1. The Morgan fingerprint density at radius 3 is 2.26 bits per heavy atom. The molecule has 6 heteroatoms. The lowest BCUT2D eigenvalue weighted by molar-refractivity contribution is -0.142. The maximum atomic E-state index is 12.4. The Morgan fingerprint density at radius 1 is 1.17 bits per heavy atom. The normalized spacial score (nSPS) is 12.4. The highest BCUT2D eigenvalue weighted by atomic mass is 16.5. The SMILES string of the molecule is CCOc1ccc(C(C)(C)C(=O)N[C@@H](C)C(=O)O)cc1OCC. The van der Waals surface area contributed by atoms with E-state index in [-0.39, 0.29) is 5.91 Å². The predicted octanol–water partition coefficient (Wildman–Crippen LogP) is 2.35. The molecule has 0 saturated heterocycles. The highest BCUT2D eigenvalue weighted by Crippen LogP contribution is 2.34. The van der Waals surface area contributed by atoms with Gasteiger partial charge in [-0.15, -0.1) is 0 Å². The van der Waals surface area contributed by atoms with Crippen molar-refractivity contribution in [2.45, 2.75) is 46.1 Å². The fraction of sp³-hybridized carbons (Fsp3) is 0.529. The highest BCUT2D eigenvalue weighted by molar-refractivity contribution is 5.90. The number of rotatable bonds is 8. The standard InChI is InChI=1S/C17H25NO5/c1-6-22-13-9-8-12(10-14(13)23-7-2)17(4,5)16(21)18-11(3)15(19)20/h8-11H,6-7H2,1-5H3,(H,18,21)(H,19,20)/t11-/m0/s1. The van der Waals surface area contributed by atoms with Gasteiger partial charge in [0.1, 0.15) is 6.04 Å². The number of carboxylic acid groups (broad SMARTS) is 1. The molecule has 1 aromatic rings. The second-order valence-corrected chi connectivity index (χ2v) is 5.69. The number of hydrogen-bond acceptors (Lipinski definition) is 4. The highest BCUT2D eigenvalue weighted by Gasteiger charge is 2.32. The van der Waals surface area contributed by atoms with E-state index in [4.69, 9.17) is 14.6 Å². The first kappa shape index (κ1) is 18.8. The lowest BCUT2D eigenvalue weighted by Gasteiger charge is -2.26. The van der Waals surface area contributed by atoms with Gasteiger partial charge in [-0.25, -0.2) is 0 Å². The van der Waals surface area contributed by atoms with Crippen LogP contribution in [0.4, 0.5) is 0 Å². The molecule has 0 saturated carbocycles. The van der Waals surface area contributed by atoms with Crippen LogP contribution in [0.2, 0.25) is 0 Å². The Bertz CT molecular complexity index is 568. The first-order valence-electron chi connectivity index (χ1n) is 7.67. The van der Waals surface area contributed by atoms with Gasteiger partial charge in [-0.1, -0.05) is 6.07 Å². The maximum absolute atomic E-state index is 12.4. The molecule has 1 rings (SSSR count). The van der Waals surface area contributed by atoms with Crippen LogP contribution < -0.4 is 14.8 Å². The molecular weight excluding hydrogens is 298 g/mol. The van der Waals surface area contributed by atoms with Crippen molar-refractivity contribution in [3.05, 3.63) is 23.8 Å². The molecule has 0 unspecified atom stereocenters. The van der Waals surface area contributed by atoms with Crippen LogP contribution in [-0.4, -0.2) is 36.2 Å². The molecular formula is C17H25NO5. The van der Waals surface area contributed by atoms with Gasteiger partial charge in [0.15, 0.2) is 11.5 Å². The second-order valence-electron chi connectivity index (χ2n) is 5.69. The summed E-state index contributed by atoms with van der Waals surface area (Å²) >= 11 is 0. The molecule has 1 aromatic carbocycles. The Kier molecular flexibility index (Phi) is 6.42. The van der Waals surface area contributed by atoms with E-state index in [2.05, 4.69) is 5.32 Å². The van der Waals surface area contributed by atoms with E-state index in [9.17, 15) is 9.59 Å². The summed E-state index contributed by atoms with van der Waals surface area (Å²) in [6.45, 7) is 9.65. The quantitative estimate of drug-likeness (QED) is 0.767. The minimum atomic E-state index is -1.07. The summed E-state index contributed by atoms with van der Waals surface area (Å²) in [5.41, 5.74) is -0.181. The molecule has 0 heterocycles. The van der Waals surface area contributed by atoms with Crippen LogP contribution in [0.25, 0.3) is 0 Å². The van der Waals surface area contributed by atoms with Gasteiger partial charge in [-0.05, 0) is 52.3 Å². The van der Waals surface area contributed by atoms with Crippen molar-refractivity contribution in [2.24, 2.45) is 0 Å². The van der Waals surface area contributed by atoms with Crippen LogP contribution in [0.15, 0.2) is 18.2 Å². The van der Waals surface area contributed by atoms with Crippen molar-refractivity contribution in [1.29, 1.82) is 0 Å². The van der Waals surface area contributed by atoms with Crippen molar-refractivity contribution >= 4 is 11.9 Å². The smallest absolute Gasteiger partial charge is 0.325 e. The van der Waals surface area contributed by atoms with Crippen molar-refractivity contribution in [2.75, 3.05) is 13.2 Å². The zero-order valence-corrected chi connectivity index (χ0v) is 14.3. The fourth-order valence-corrected chi connectivity index (χ4v) is 2.01. The van der Waals surface area contributed by atoms with Gasteiger partial charge in [0.25, 0.3) is 0 Å². The van der Waals surface area contributed by atoms with Gasteiger partial charge in [0.2, 0.25) is 5.91 Å². The second kappa shape index (κ2) is 7.85. The van der Waals surface area contributed by atoms with Crippen molar-refractivity contribution < 1.29 is 24.2 Å².